The number of alkyl halides is 3. The van der Waals surface area contributed by atoms with E-state index in [1.165, 1.54) is 18.2 Å². The molecule has 0 saturated carbocycles. The van der Waals surface area contributed by atoms with Crippen molar-refractivity contribution in [3.05, 3.63) is 34.1 Å². The van der Waals surface area contributed by atoms with Crippen molar-refractivity contribution in [3.8, 4) is 0 Å². The molecule has 0 aliphatic heterocycles. The van der Waals surface area contributed by atoms with Crippen molar-refractivity contribution in [1.82, 2.24) is 5.43 Å². The average Bonchev–Trinajstić information content (AvgIpc) is 2.20. The Morgan fingerprint density at radius 3 is 2.53 bits per heavy atom. The first-order valence-electron chi connectivity index (χ1n) is 4.78. The van der Waals surface area contributed by atoms with Gasteiger partial charge in [-0.05, 0) is 30.2 Å². The maximum Gasteiger partial charge on any atom is 0.390 e. The smallest absolute Gasteiger partial charge is 0.271 e. The minimum atomic E-state index is -4.33. The second kappa shape index (κ2) is 5.79. The molecular weight excluding hydrogens is 304 g/mol. The molecule has 0 aromatic heterocycles. The van der Waals surface area contributed by atoms with Crippen LogP contribution in [0.3, 0.4) is 0 Å². The average molecular weight is 315 g/mol. The third kappa shape index (κ3) is 5.01. The lowest BCUT2D eigenvalue weighted by molar-refractivity contribution is -0.140. The Hall–Kier alpha value is -0.660. The Morgan fingerprint density at radius 1 is 1.35 bits per heavy atom. The van der Waals surface area contributed by atoms with Gasteiger partial charge in [0.25, 0.3) is 0 Å². The molecule has 17 heavy (non-hydrogen) atoms. The first kappa shape index (κ1) is 14.4. The largest absolute Gasteiger partial charge is 0.390 e. The van der Waals surface area contributed by atoms with E-state index in [2.05, 4.69) is 21.4 Å². The van der Waals surface area contributed by atoms with Gasteiger partial charge >= 0.3 is 6.18 Å². The van der Waals surface area contributed by atoms with Gasteiger partial charge in [0.1, 0.15) is 5.82 Å². The zero-order valence-electron chi connectivity index (χ0n) is 8.69. The van der Waals surface area contributed by atoms with E-state index in [4.69, 9.17) is 5.84 Å². The van der Waals surface area contributed by atoms with Crippen LogP contribution in [0.25, 0.3) is 0 Å². The second-order valence-corrected chi connectivity index (χ2v) is 4.54. The van der Waals surface area contributed by atoms with Gasteiger partial charge < -0.3 is 0 Å². The van der Waals surface area contributed by atoms with Crippen LogP contribution in [-0.2, 0) is 6.42 Å². The van der Waals surface area contributed by atoms with Gasteiger partial charge in [-0.2, -0.15) is 13.2 Å². The summed E-state index contributed by atoms with van der Waals surface area (Å²) >= 11 is 3.13. The van der Waals surface area contributed by atoms with Gasteiger partial charge in [-0.25, -0.2) is 4.39 Å². The number of nitrogens with one attached hydrogen (secondary N) is 1. The van der Waals surface area contributed by atoms with Crippen molar-refractivity contribution >= 4 is 15.9 Å². The number of benzene rings is 1. The number of nitrogens with two attached hydrogens (primary N) is 1. The second-order valence-electron chi connectivity index (χ2n) is 3.62. The first-order chi connectivity index (χ1) is 7.81. The molecule has 3 N–H and O–H groups in total. The van der Waals surface area contributed by atoms with E-state index >= 15 is 0 Å². The normalized spacial score (nSPS) is 13.8. The van der Waals surface area contributed by atoms with Crippen molar-refractivity contribution in [2.75, 3.05) is 0 Å². The first-order valence-corrected chi connectivity index (χ1v) is 5.58. The molecule has 0 aliphatic carbocycles. The molecule has 2 nitrogen and oxygen atoms in total. The molecule has 1 aromatic carbocycles. The summed E-state index contributed by atoms with van der Waals surface area (Å²) in [6.45, 7) is 0. The van der Waals surface area contributed by atoms with Crippen LogP contribution in [0.4, 0.5) is 17.6 Å². The lowest BCUT2D eigenvalue weighted by atomic mass is 10.0. The summed E-state index contributed by atoms with van der Waals surface area (Å²) in [7, 11) is 0. The third-order valence-corrected chi connectivity index (χ3v) is 2.68. The monoisotopic (exact) mass is 314 g/mol. The Morgan fingerprint density at radius 2 is 2.00 bits per heavy atom. The lowest BCUT2D eigenvalue weighted by Crippen LogP contribution is -2.40. The summed E-state index contributed by atoms with van der Waals surface area (Å²) in [6, 6.07) is 3.07. The molecule has 0 aliphatic rings. The van der Waals surface area contributed by atoms with Gasteiger partial charge in [0.2, 0.25) is 0 Å². The zero-order chi connectivity index (χ0) is 13.1. The number of hydrogen-bond acceptors (Lipinski definition) is 2. The van der Waals surface area contributed by atoms with Crippen LogP contribution < -0.4 is 11.3 Å². The Balaban J connectivity index is 2.77. The molecule has 0 saturated heterocycles. The van der Waals surface area contributed by atoms with Gasteiger partial charge in [0, 0.05) is 10.5 Å². The molecule has 1 rings (SSSR count). The van der Waals surface area contributed by atoms with Gasteiger partial charge in [-0.1, -0.05) is 15.9 Å². The van der Waals surface area contributed by atoms with Crippen LogP contribution in [0, 0.1) is 5.82 Å². The highest BCUT2D eigenvalue weighted by molar-refractivity contribution is 9.10. The van der Waals surface area contributed by atoms with Crippen molar-refractivity contribution in [1.29, 1.82) is 0 Å². The molecule has 7 heteroatoms. The van der Waals surface area contributed by atoms with Crippen LogP contribution in [0.5, 0.6) is 0 Å². The summed E-state index contributed by atoms with van der Waals surface area (Å²) in [5, 5.41) is 0. The molecular formula is C10H11BrF4N2. The van der Waals surface area contributed by atoms with E-state index in [1.807, 2.05) is 0 Å². The molecule has 96 valence electrons. The highest BCUT2D eigenvalue weighted by Gasteiger charge is 2.31. The highest BCUT2D eigenvalue weighted by atomic mass is 79.9. The Bertz CT molecular complexity index is 381. The number of hydrazine groups is 1. The van der Waals surface area contributed by atoms with Gasteiger partial charge in [-0.3, -0.25) is 11.3 Å². The quantitative estimate of drug-likeness (QED) is 0.509. The van der Waals surface area contributed by atoms with Crippen LogP contribution in [0.1, 0.15) is 12.0 Å². The summed E-state index contributed by atoms with van der Waals surface area (Å²) in [4.78, 5) is 0. The minimum absolute atomic E-state index is 0.124. The maximum absolute atomic E-state index is 13.3. The van der Waals surface area contributed by atoms with Gasteiger partial charge in [0.05, 0.1) is 6.42 Å². The standard InChI is InChI=1S/C10H11BrF4N2/c11-7-1-2-9(12)6(3-7)4-8(17-16)5-10(13,14)15/h1-3,8,17H,4-5,16H2. The minimum Gasteiger partial charge on any atom is -0.271 e. The fraction of sp³-hybridized carbons (Fsp3) is 0.400. The van der Waals surface area contributed by atoms with Crippen molar-refractivity contribution in [2.24, 2.45) is 5.84 Å². The maximum atomic E-state index is 13.3. The summed E-state index contributed by atoms with van der Waals surface area (Å²) < 4.78 is 50.5. The van der Waals surface area contributed by atoms with E-state index in [-0.39, 0.29) is 12.0 Å². The van der Waals surface area contributed by atoms with E-state index in [0.29, 0.717) is 4.47 Å². The van der Waals surface area contributed by atoms with E-state index in [9.17, 15) is 17.6 Å². The molecule has 0 heterocycles. The molecule has 1 unspecified atom stereocenters. The topological polar surface area (TPSA) is 38.0 Å². The van der Waals surface area contributed by atoms with Crippen LogP contribution in [0.15, 0.2) is 22.7 Å². The molecule has 0 amide bonds. The van der Waals surface area contributed by atoms with E-state index in [0.717, 1.165) is 0 Å². The molecule has 1 aromatic rings. The van der Waals surface area contributed by atoms with Crippen molar-refractivity contribution in [3.63, 3.8) is 0 Å². The molecule has 0 radical (unpaired) electrons. The van der Waals surface area contributed by atoms with E-state index in [1.54, 1.807) is 0 Å². The molecule has 0 bridgehead atoms. The summed E-state index contributed by atoms with van der Waals surface area (Å²) in [5.41, 5.74) is 2.24. The predicted molar refractivity (Wildman–Crippen MR) is 59.6 cm³/mol. The Labute approximate surface area is 104 Å². The van der Waals surface area contributed by atoms with Crippen molar-refractivity contribution < 1.29 is 17.6 Å². The fourth-order valence-corrected chi connectivity index (χ4v) is 1.84. The third-order valence-electron chi connectivity index (χ3n) is 2.19. The van der Waals surface area contributed by atoms with Gasteiger partial charge in [-0.15, -0.1) is 0 Å². The number of halogens is 5. The lowest BCUT2D eigenvalue weighted by Gasteiger charge is -2.18. The van der Waals surface area contributed by atoms with E-state index < -0.39 is 24.5 Å². The summed E-state index contributed by atoms with van der Waals surface area (Å²) in [6.07, 6.45) is -5.56. The summed E-state index contributed by atoms with van der Waals surface area (Å²) in [5.74, 6) is 4.49. The zero-order valence-corrected chi connectivity index (χ0v) is 10.3. The number of hydrogen-bond donors (Lipinski definition) is 2. The fourth-order valence-electron chi connectivity index (χ4n) is 1.43. The predicted octanol–water partition coefficient (Wildman–Crippen LogP) is 2.92. The Kier molecular flexibility index (Phi) is 4.91. The molecule has 1 atom stereocenters. The molecule has 0 spiro atoms. The SMILES string of the molecule is NNC(Cc1cc(Br)ccc1F)CC(F)(F)F. The van der Waals surface area contributed by atoms with Crippen LogP contribution in [0.2, 0.25) is 0 Å². The number of rotatable bonds is 4. The van der Waals surface area contributed by atoms with Crippen LogP contribution in [-0.4, -0.2) is 12.2 Å². The molecule has 0 fully saturated rings. The van der Waals surface area contributed by atoms with Gasteiger partial charge in [0.15, 0.2) is 0 Å². The van der Waals surface area contributed by atoms with Crippen molar-refractivity contribution in [2.45, 2.75) is 25.1 Å². The van der Waals surface area contributed by atoms with Crippen LogP contribution >= 0.6 is 15.9 Å². The highest BCUT2D eigenvalue weighted by Crippen LogP contribution is 2.24.